The number of rotatable bonds is 6. The van der Waals surface area contributed by atoms with Crippen molar-refractivity contribution in [2.24, 2.45) is 0 Å². The van der Waals surface area contributed by atoms with E-state index in [1.807, 2.05) is 65.7 Å². The number of benzene rings is 2. The van der Waals surface area contributed by atoms with E-state index in [9.17, 15) is 4.79 Å². The van der Waals surface area contributed by atoms with Gasteiger partial charge in [0.2, 0.25) is 0 Å². The SMILES string of the molecule is Cc1ccc(OCc2csc(C(=O)N3CCN(Cc4ccc(Cl)c(Cl)c4)CC3)c2)cc1. The molecule has 0 saturated carbocycles. The van der Waals surface area contributed by atoms with Gasteiger partial charge in [-0.1, -0.05) is 47.0 Å². The van der Waals surface area contributed by atoms with Crippen molar-refractivity contribution in [3.05, 3.63) is 85.5 Å². The Morgan fingerprint density at radius 2 is 1.71 bits per heavy atom. The highest BCUT2D eigenvalue weighted by molar-refractivity contribution is 7.12. The molecule has 2 aromatic carbocycles. The third-order valence-electron chi connectivity index (χ3n) is 5.34. The van der Waals surface area contributed by atoms with Crippen LogP contribution in [0.1, 0.15) is 26.4 Å². The van der Waals surface area contributed by atoms with Gasteiger partial charge in [-0.3, -0.25) is 9.69 Å². The molecule has 1 fully saturated rings. The minimum Gasteiger partial charge on any atom is -0.489 e. The topological polar surface area (TPSA) is 32.8 Å². The second-order valence-electron chi connectivity index (χ2n) is 7.74. The zero-order chi connectivity index (χ0) is 21.8. The van der Waals surface area contributed by atoms with E-state index in [2.05, 4.69) is 4.90 Å². The first-order valence-electron chi connectivity index (χ1n) is 10.2. The Morgan fingerprint density at radius 1 is 0.968 bits per heavy atom. The summed E-state index contributed by atoms with van der Waals surface area (Å²) in [5.41, 5.74) is 3.35. The number of amides is 1. The van der Waals surface area contributed by atoms with Crippen molar-refractivity contribution in [1.82, 2.24) is 9.80 Å². The molecule has 0 atom stereocenters. The normalized spacial score (nSPS) is 14.6. The van der Waals surface area contributed by atoms with Gasteiger partial charge in [-0.05, 0) is 48.2 Å². The monoisotopic (exact) mass is 474 g/mol. The molecule has 1 amide bonds. The highest BCUT2D eigenvalue weighted by Gasteiger charge is 2.23. The highest BCUT2D eigenvalue weighted by atomic mass is 35.5. The Labute approximate surface area is 197 Å². The quantitative estimate of drug-likeness (QED) is 0.445. The predicted octanol–water partition coefficient (Wildman–Crippen LogP) is 5.90. The second kappa shape index (κ2) is 10.0. The van der Waals surface area contributed by atoms with Gasteiger partial charge < -0.3 is 9.64 Å². The third-order valence-corrected chi connectivity index (χ3v) is 7.05. The van der Waals surface area contributed by atoms with E-state index in [0.717, 1.165) is 41.4 Å². The van der Waals surface area contributed by atoms with E-state index in [-0.39, 0.29) is 5.91 Å². The van der Waals surface area contributed by atoms with Gasteiger partial charge in [-0.25, -0.2) is 0 Å². The van der Waals surface area contributed by atoms with Crippen molar-refractivity contribution < 1.29 is 9.53 Å². The smallest absolute Gasteiger partial charge is 0.264 e. The number of carbonyl (C=O) groups excluding carboxylic acids is 1. The van der Waals surface area contributed by atoms with Crippen LogP contribution in [0.4, 0.5) is 0 Å². The first kappa shape index (κ1) is 22.2. The molecule has 0 unspecified atom stereocenters. The maximum absolute atomic E-state index is 12.9. The maximum atomic E-state index is 12.9. The summed E-state index contributed by atoms with van der Waals surface area (Å²) in [5, 5.41) is 3.15. The van der Waals surface area contributed by atoms with Gasteiger partial charge in [0.05, 0.1) is 14.9 Å². The van der Waals surface area contributed by atoms with Crippen molar-refractivity contribution in [3.63, 3.8) is 0 Å². The number of piperazine rings is 1. The zero-order valence-electron chi connectivity index (χ0n) is 17.3. The van der Waals surface area contributed by atoms with Crippen LogP contribution in [0.25, 0.3) is 0 Å². The van der Waals surface area contributed by atoms with Crippen molar-refractivity contribution in [1.29, 1.82) is 0 Å². The predicted molar refractivity (Wildman–Crippen MR) is 127 cm³/mol. The zero-order valence-corrected chi connectivity index (χ0v) is 19.6. The molecule has 0 spiro atoms. The maximum Gasteiger partial charge on any atom is 0.264 e. The van der Waals surface area contributed by atoms with E-state index in [4.69, 9.17) is 27.9 Å². The van der Waals surface area contributed by atoms with Crippen LogP contribution in [-0.2, 0) is 13.2 Å². The molecule has 31 heavy (non-hydrogen) atoms. The molecule has 162 valence electrons. The van der Waals surface area contributed by atoms with Crippen molar-refractivity contribution in [3.8, 4) is 5.75 Å². The summed E-state index contributed by atoms with van der Waals surface area (Å²) in [7, 11) is 0. The lowest BCUT2D eigenvalue weighted by Gasteiger charge is -2.34. The van der Waals surface area contributed by atoms with Gasteiger partial charge in [-0.2, -0.15) is 0 Å². The van der Waals surface area contributed by atoms with E-state index in [1.54, 1.807) is 0 Å². The molecule has 4 nitrogen and oxygen atoms in total. The van der Waals surface area contributed by atoms with Crippen LogP contribution < -0.4 is 4.74 Å². The third kappa shape index (κ3) is 5.80. The minimum absolute atomic E-state index is 0.0979. The number of carbonyl (C=O) groups is 1. The second-order valence-corrected chi connectivity index (χ2v) is 9.46. The molecule has 1 aromatic heterocycles. The number of nitrogens with zero attached hydrogens (tertiary/aromatic N) is 2. The molecule has 2 heterocycles. The summed E-state index contributed by atoms with van der Waals surface area (Å²) < 4.78 is 5.83. The van der Waals surface area contributed by atoms with Crippen LogP contribution >= 0.6 is 34.5 Å². The summed E-state index contributed by atoms with van der Waals surface area (Å²) in [5.74, 6) is 0.934. The lowest BCUT2D eigenvalue weighted by atomic mass is 10.2. The highest BCUT2D eigenvalue weighted by Crippen LogP contribution is 2.24. The fourth-order valence-corrected chi connectivity index (χ4v) is 4.71. The largest absolute Gasteiger partial charge is 0.489 e. The van der Waals surface area contributed by atoms with Crippen LogP contribution in [-0.4, -0.2) is 41.9 Å². The average Bonchev–Trinajstić information content (AvgIpc) is 3.25. The lowest BCUT2D eigenvalue weighted by Crippen LogP contribution is -2.48. The van der Waals surface area contributed by atoms with Crippen molar-refractivity contribution in [2.45, 2.75) is 20.1 Å². The first-order chi connectivity index (χ1) is 15.0. The summed E-state index contributed by atoms with van der Waals surface area (Å²) in [6, 6.07) is 15.7. The van der Waals surface area contributed by atoms with Gasteiger partial charge in [0.1, 0.15) is 12.4 Å². The Balaban J connectivity index is 1.27. The molecule has 0 radical (unpaired) electrons. The molecule has 1 aliphatic rings. The van der Waals surface area contributed by atoms with Crippen molar-refractivity contribution in [2.75, 3.05) is 26.2 Å². The van der Waals surface area contributed by atoms with E-state index in [0.29, 0.717) is 29.7 Å². The molecule has 0 bridgehead atoms. The van der Waals surface area contributed by atoms with E-state index >= 15 is 0 Å². The number of ether oxygens (including phenoxy) is 1. The van der Waals surface area contributed by atoms with Crippen LogP contribution in [0.15, 0.2) is 53.9 Å². The summed E-state index contributed by atoms with van der Waals surface area (Å²) in [6.45, 7) is 6.42. The fraction of sp³-hybridized carbons (Fsp3) is 0.292. The first-order valence-corrected chi connectivity index (χ1v) is 11.8. The molecular weight excluding hydrogens is 451 g/mol. The Hall–Kier alpha value is -2.05. The van der Waals surface area contributed by atoms with Gasteiger partial charge in [-0.15, -0.1) is 11.3 Å². The van der Waals surface area contributed by atoms with E-state index < -0.39 is 0 Å². The average molecular weight is 475 g/mol. The molecule has 3 aromatic rings. The molecule has 0 aliphatic carbocycles. The summed E-state index contributed by atoms with van der Waals surface area (Å²) in [4.78, 5) is 17.9. The van der Waals surface area contributed by atoms with Gasteiger partial charge >= 0.3 is 0 Å². The van der Waals surface area contributed by atoms with Crippen LogP contribution in [0.5, 0.6) is 5.75 Å². The summed E-state index contributed by atoms with van der Waals surface area (Å²) in [6.07, 6.45) is 0. The lowest BCUT2D eigenvalue weighted by molar-refractivity contribution is 0.0633. The molecule has 1 aliphatic heterocycles. The van der Waals surface area contributed by atoms with Gasteiger partial charge in [0.15, 0.2) is 0 Å². The van der Waals surface area contributed by atoms with Crippen LogP contribution in [0.2, 0.25) is 10.0 Å². The number of hydrogen-bond donors (Lipinski definition) is 0. The van der Waals surface area contributed by atoms with Gasteiger partial charge in [0.25, 0.3) is 5.91 Å². The fourth-order valence-electron chi connectivity index (χ4n) is 3.53. The Kier molecular flexibility index (Phi) is 7.18. The molecular formula is C24H24Cl2N2O2S. The van der Waals surface area contributed by atoms with Crippen LogP contribution in [0.3, 0.4) is 0 Å². The number of thiophene rings is 1. The Bertz CT molecular complexity index is 1040. The summed E-state index contributed by atoms with van der Waals surface area (Å²) >= 11 is 13.6. The number of aryl methyl sites for hydroxylation is 1. The van der Waals surface area contributed by atoms with E-state index in [1.165, 1.54) is 16.9 Å². The molecule has 1 saturated heterocycles. The molecule has 4 rings (SSSR count). The Morgan fingerprint density at radius 3 is 2.42 bits per heavy atom. The standard InChI is InChI=1S/C24H24Cl2N2O2S/c1-17-2-5-20(6-3-17)30-15-19-13-23(31-16-19)24(29)28-10-8-27(9-11-28)14-18-4-7-21(25)22(26)12-18/h2-7,12-13,16H,8-11,14-15H2,1H3. The number of hydrogen-bond acceptors (Lipinski definition) is 4. The molecule has 7 heteroatoms. The minimum atomic E-state index is 0.0979. The van der Waals surface area contributed by atoms with Crippen LogP contribution in [0, 0.1) is 6.92 Å². The van der Waals surface area contributed by atoms with Gasteiger partial charge in [0, 0.05) is 38.3 Å². The molecule has 0 N–H and O–H groups in total. The van der Waals surface area contributed by atoms with Crippen molar-refractivity contribution >= 4 is 40.4 Å². The number of halogens is 2.